The molecule has 2 heterocycles. The molecule has 2 aliphatic rings. The minimum Gasteiger partial charge on any atom is -0.455 e. The van der Waals surface area contributed by atoms with Crippen molar-refractivity contribution in [1.29, 1.82) is 0 Å². The highest BCUT2D eigenvalue weighted by Crippen LogP contribution is 2.56. The van der Waals surface area contributed by atoms with E-state index in [0.29, 0.717) is 0 Å². The molecule has 50 heavy (non-hydrogen) atoms. The summed E-state index contributed by atoms with van der Waals surface area (Å²) in [5.74, 6) is 0. The predicted molar refractivity (Wildman–Crippen MR) is 209 cm³/mol. The normalized spacial score (nSPS) is 15.1. The number of furan rings is 1. The van der Waals surface area contributed by atoms with Crippen LogP contribution in [-0.4, -0.2) is 4.57 Å². The van der Waals surface area contributed by atoms with Gasteiger partial charge in [-0.2, -0.15) is 0 Å². The number of aromatic nitrogens is 1. The summed E-state index contributed by atoms with van der Waals surface area (Å²) in [5, 5.41) is 4.92. The van der Waals surface area contributed by atoms with Crippen LogP contribution >= 0.6 is 0 Å². The molecule has 0 bridgehead atoms. The molecular formula is C48H35NO. The summed E-state index contributed by atoms with van der Waals surface area (Å²) in [6.07, 6.45) is 0. The molecule has 0 saturated carbocycles. The van der Waals surface area contributed by atoms with Gasteiger partial charge in [0.1, 0.15) is 11.2 Å². The number of hydrogen-bond donors (Lipinski definition) is 0. The second-order valence-electron chi connectivity index (χ2n) is 15.3. The van der Waals surface area contributed by atoms with Gasteiger partial charge in [0.15, 0.2) is 0 Å². The summed E-state index contributed by atoms with van der Waals surface area (Å²) >= 11 is 0. The molecular weight excluding hydrogens is 607 g/mol. The van der Waals surface area contributed by atoms with Gasteiger partial charge in [0.2, 0.25) is 0 Å². The van der Waals surface area contributed by atoms with E-state index >= 15 is 0 Å². The van der Waals surface area contributed by atoms with Gasteiger partial charge in [-0.15, -0.1) is 0 Å². The fourth-order valence-corrected chi connectivity index (χ4v) is 9.62. The van der Waals surface area contributed by atoms with E-state index in [4.69, 9.17) is 4.42 Å². The maximum atomic E-state index is 6.62. The van der Waals surface area contributed by atoms with Crippen LogP contribution in [-0.2, 0) is 10.8 Å². The van der Waals surface area contributed by atoms with Gasteiger partial charge in [0.25, 0.3) is 0 Å². The fraction of sp³-hybridized carbons (Fsp3) is 0.125. The quantitative estimate of drug-likeness (QED) is 0.184. The van der Waals surface area contributed by atoms with E-state index in [1.807, 2.05) is 0 Å². The molecule has 7 aromatic carbocycles. The van der Waals surface area contributed by atoms with Crippen LogP contribution in [0.5, 0.6) is 0 Å². The third-order valence-corrected chi connectivity index (χ3v) is 12.0. The molecule has 0 unspecified atom stereocenters. The highest BCUT2D eigenvalue weighted by Gasteiger charge is 2.40. The van der Waals surface area contributed by atoms with Crippen LogP contribution < -0.4 is 0 Å². The Morgan fingerprint density at radius 3 is 2.08 bits per heavy atom. The van der Waals surface area contributed by atoms with Gasteiger partial charge in [-0.25, -0.2) is 0 Å². The Morgan fingerprint density at radius 1 is 0.460 bits per heavy atom. The fourth-order valence-electron chi connectivity index (χ4n) is 9.62. The summed E-state index contributed by atoms with van der Waals surface area (Å²) < 4.78 is 9.07. The van der Waals surface area contributed by atoms with Crippen LogP contribution in [0.2, 0.25) is 0 Å². The highest BCUT2D eigenvalue weighted by molar-refractivity contribution is 6.14. The summed E-state index contributed by atoms with van der Waals surface area (Å²) in [7, 11) is 0. The molecule has 0 aliphatic heterocycles. The summed E-state index contributed by atoms with van der Waals surface area (Å²) in [4.78, 5) is 0. The zero-order chi connectivity index (χ0) is 33.5. The van der Waals surface area contributed by atoms with E-state index in [9.17, 15) is 0 Å². The third-order valence-electron chi connectivity index (χ3n) is 12.0. The lowest BCUT2D eigenvalue weighted by molar-refractivity contribution is 0.654. The largest absolute Gasteiger partial charge is 0.455 e. The van der Waals surface area contributed by atoms with E-state index in [0.717, 1.165) is 11.2 Å². The molecule has 2 nitrogen and oxygen atoms in total. The Morgan fingerprint density at radius 2 is 1.20 bits per heavy atom. The van der Waals surface area contributed by atoms with E-state index < -0.39 is 0 Å². The van der Waals surface area contributed by atoms with Gasteiger partial charge in [0.05, 0.1) is 11.0 Å². The lowest BCUT2D eigenvalue weighted by atomic mass is 9.78. The first-order chi connectivity index (χ1) is 24.3. The van der Waals surface area contributed by atoms with Crippen LogP contribution in [0.15, 0.2) is 144 Å². The number of fused-ring (bicyclic) bond motifs is 13. The molecule has 238 valence electrons. The molecule has 0 amide bonds. The Kier molecular flexibility index (Phi) is 5.28. The maximum Gasteiger partial charge on any atom is 0.143 e. The molecule has 0 radical (unpaired) electrons. The Hall–Kier alpha value is -5.86. The molecule has 2 aliphatic carbocycles. The maximum absolute atomic E-state index is 6.62. The van der Waals surface area contributed by atoms with E-state index in [2.05, 4.69) is 172 Å². The van der Waals surface area contributed by atoms with Crippen LogP contribution in [0, 0.1) is 0 Å². The second kappa shape index (κ2) is 9.43. The summed E-state index contributed by atoms with van der Waals surface area (Å²) in [6, 6.07) is 51.7. The van der Waals surface area contributed by atoms with Crippen molar-refractivity contribution in [3.63, 3.8) is 0 Å². The zero-order valence-corrected chi connectivity index (χ0v) is 28.6. The number of benzene rings is 7. The van der Waals surface area contributed by atoms with Crippen molar-refractivity contribution >= 4 is 43.7 Å². The molecule has 2 aromatic heterocycles. The predicted octanol–water partition coefficient (Wildman–Crippen LogP) is 13.0. The highest BCUT2D eigenvalue weighted by atomic mass is 16.3. The van der Waals surface area contributed by atoms with Crippen molar-refractivity contribution in [2.45, 2.75) is 38.5 Å². The summed E-state index contributed by atoms with van der Waals surface area (Å²) in [5.41, 5.74) is 18.5. The first-order valence-electron chi connectivity index (χ1n) is 17.7. The van der Waals surface area contributed by atoms with Crippen molar-refractivity contribution in [3.05, 3.63) is 162 Å². The Bertz CT molecular complexity index is 2910. The lowest BCUT2D eigenvalue weighted by Gasteiger charge is -2.24. The SMILES string of the molecule is CC1(C)c2ccccc2-c2cc3c4cc(-c5cccc6c5C(C)(C)c5ccc7c(oc8ccccc87)c5-6)ccc4n(-c4ccccc4)c3cc21. The standard InChI is InChI=1S/C48H35NO/c1-47(2)38-19-10-8-15-31(38)35-26-37-36-25-28(21-24-41(36)49(42(37)27-40(35)47)29-13-6-5-7-14-29)30-17-12-18-34-44-39(48(3,4)45(30)34)23-22-33-32-16-9-11-20-43(32)50-46(33)44/h5-27H,1-4H3. The number of nitrogens with zero attached hydrogens (tertiary/aromatic N) is 1. The average molecular weight is 642 g/mol. The molecule has 2 heteroatoms. The number of rotatable bonds is 2. The van der Waals surface area contributed by atoms with E-state index in [1.165, 1.54) is 93.9 Å². The minimum absolute atomic E-state index is 0.0698. The van der Waals surface area contributed by atoms with Gasteiger partial charge in [-0.05, 0) is 92.5 Å². The zero-order valence-electron chi connectivity index (χ0n) is 28.6. The molecule has 0 saturated heterocycles. The van der Waals surface area contributed by atoms with Crippen LogP contribution in [0.3, 0.4) is 0 Å². The molecule has 0 atom stereocenters. The molecule has 0 N–H and O–H groups in total. The summed E-state index contributed by atoms with van der Waals surface area (Å²) in [6.45, 7) is 9.48. The van der Waals surface area contributed by atoms with Gasteiger partial charge in [-0.3, -0.25) is 0 Å². The molecule has 11 rings (SSSR count). The van der Waals surface area contributed by atoms with Crippen LogP contribution in [0.4, 0.5) is 0 Å². The average Bonchev–Trinajstić information content (AvgIpc) is 3.82. The minimum atomic E-state index is -0.197. The molecule has 0 fully saturated rings. The van der Waals surface area contributed by atoms with Crippen molar-refractivity contribution in [2.24, 2.45) is 0 Å². The van der Waals surface area contributed by atoms with Crippen molar-refractivity contribution < 1.29 is 4.42 Å². The van der Waals surface area contributed by atoms with Crippen LogP contribution in [0.1, 0.15) is 49.9 Å². The van der Waals surface area contributed by atoms with Crippen molar-refractivity contribution in [3.8, 4) is 39.1 Å². The van der Waals surface area contributed by atoms with Crippen molar-refractivity contribution in [1.82, 2.24) is 4.57 Å². The lowest BCUT2D eigenvalue weighted by Crippen LogP contribution is -2.16. The first-order valence-corrected chi connectivity index (χ1v) is 17.7. The first kappa shape index (κ1) is 28.0. The Balaban J connectivity index is 1.19. The number of hydrogen-bond acceptors (Lipinski definition) is 1. The monoisotopic (exact) mass is 641 g/mol. The van der Waals surface area contributed by atoms with E-state index in [-0.39, 0.29) is 10.8 Å². The van der Waals surface area contributed by atoms with Gasteiger partial charge < -0.3 is 8.98 Å². The van der Waals surface area contributed by atoms with Gasteiger partial charge in [0, 0.05) is 43.6 Å². The van der Waals surface area contributed by atoms with Gasteiger partial charge in [-0.1, -0.05) is 125 Å². The molecule has 9 aromatic rings. The Labute approximate surface area is 291 Å². The number of para-hydroxylation sites is 2. The van der Waals surface area contributed by atoms with Crippen molar-refractivity contribution in [2.75, 3.05) is 0 Å². The third kappa shape index (κ3) is 3.43. The topological polar surface area (TPSA) is 18.1 Å². The smallest absolute Gasteiger partial charge is 0.143 e. The van der Waals surface area contributed by atoms with Gasteiger partial charge >= 0.3 is 0 Å². The van der Waals surface area contributed by atoms with Crippen LogP contribution in [0.25, 0.3) is 82.8 Å². The molecule has 0 spiro atoms. The second-order valence-corrected chi connectivity index (χ2v) is 15.3. The van der Waals surface area contributed by atoms with E-state index in [1.54, 1.807) is 0 Å².